The van der Waals surface area contributed by atoms with Crippen molar-refractivity contribution in [2.75, 3.05) is 24.6 Å². The summed E-state index contributed by atoms with van der Waals surface area (Å²) in [6, 6.07) is 6.61. The first kappa shape index (κ1) is 15.6. The Kier molecular flexibility index (Phi) is 4.95. The van der Waals surface area contributed by atoms with Crippen molar-refractivity contribution in [1.29, 1.82) is 0 Å². The van der Waals surface area contributed by atoms with Crippen molar-refractivity contribution in [3.63, 3.8) is 0 Å². The Morgan fingerprint density at radius 3 is 2.80 bits per heavy atom. The summed E-state index contributed by atoms with van der Waals surface area (Å²) in [5, 5.41) is 4.30. The average molecular weight is 297 g/mol. The van der Waals surface area contributed by atoms with E-state index >= 15 is 0 Å². The second kappa shape index (κ2) is 6.33. The first-order chi connectivity index (χ1) is 9.39. The Balaban J connectivity index is 2.25. The van der Waals surface area contributed by atoms with Crippen molar-refractivity contribution in [1.82, 2.24) is 5.32 Å². The van der Waals surface area contributed by atoms with Gasteiger partial charge in [-0.1, -0.05) is 37.6 Å². The van der Waals surface area contributed by atoms with Crippen LogP contribution in [0.3, 0.4) is 0 Å². The maximum atomic E-state index is 6.46. The van der Waals surface area contributed by atoms with Crippen molar-refractivity contribution >= 4 is 17.3 Å². The summed E-state index contributed by atoms with van der Waals surface area (Å²) in [6.45, 7) is 11.9. The number of nitrogens with zero attached hydrogens (tertiary/aromatic N) is 1. The average Bonchev–Trinajstić information content (AvgIpc) is 2.35. The summed E-state index contributed by atoms with van der Waals surface area (Å²) in [5.41, 5.74) is 2.28. The van der Waals surface area contributed by atoms with E-state index in [2.05, 4.69) is 44.0 Å². The minimum atomic E-state index is -0.125. The third-order valence-electron chi connectivity index (χ3n) is 3.51. The summed E-state index contributed by atoms with van der Waals surface area (Å²) in [6.07, 6.45) is 0. The van der Waals surface area contributed by atoms with Crippen LogP contribution in [0.25, 0.3) is 0 Å². The number of morpholine rings is 1. The van der Waals surface area contributed by atoms with Gasteiger partial charge in [0, 0.05) is 25.7 Å². The lowest BCUT2D eigenvalue weighted by Gasteiger charge is -2.40. The molecule has 1 heterocycles. The van der Waals surface area contributed by atoms with Gasteiger partial charge in [0.05, 0.1) is 22.9 Å². The van der Waals surface area contributed by atoms with E-state index in [1.54, 1.807) is 0 Å². The fraction of sp³-hybridized carbons (Fsp3) is 0.625. The molecule has 1 aliphatic heterocycles. The Morgan fingerprint density at radius 2 is 2.15 bits per heavy atom. The molecule has 4 heteroatoms. The van der Waals surface area contributed by atoms with Crippen LogP contribution in [0.2, 0.25) is 5.02 Å². The second-order valence-electron chi connectivity index (χ2n) is 6.31. The lowest BCUT2D eigenvalue weighted by molar-refractivity contribution is -0.0277. The molecule has 1 aromatic rings. The standard InChI is InChI=1S/C16H25ClN2O/c1-12(2)18-10-13-6-5-7-14(17)15(13)19-8-9-20-16(3,4)11-19/h5-7,12,18H,8-11H2,1-4H3. The number of hydrogen-bond donors (Lipinski definition) is 1. The fourth-order valence-electron chi connectivity index (χ4n) is 2.58. The smallest absolute Gasteiger partial charge is 0.0801 e. The molecule has 0 amide bonds. The van der Waals surface area contributed by atoms with Gasteiger partial charge in [0.25, 0.3) is 0 Å². The highest BCUT2D eigenvalue weighted by Gasteiger charge is 2.29. The number of benzene rings is 1. The summed E-state index contributed by atoms with van der Waals surface area (Å²) < 4.78 is 5.79. The van der Waals surface area contributed by atoms with Crippen molar-refractivity contribution in [2.45, 2.75) is 45.9 Å². The van der Waals surface area contributed by atoms with Gasteiger partial charge in [0.1, 0.15) is 0 Å². The molecule has 0 bridgehead atoms. The maximum Gasteiger partial charge on any atom is 0.0801 e. The van der Waals surface area contributed by atoms with Crippen LogP contribution in [-0.4, -0.2) is 31.3 Å². The summed E-state index contributed by atoms with van der Waals surface area (Å²) in [5.74, 6) is 0. The molecule has 112 valence electrons. The van der Waals surface area contributed by atoms with Crippen LogP contribution in [0.1, 0.15) is 33.3 Å². The first-order valence-corrected chi connectivity index (χ1v) is 7.66. The molecule has 1 saturated heterocycles. The van der Waals surface area contributed by atoms with Crippen molar-refractivity contribution in [2.24, 2.45) is 0 Å². The van der Waals surface area contributed by atoms with Crippen LogP contribution < -0.4 is 10.2 Å². The second-order valence-corrected chi connectivity index (χ2v) is 6.72. The minimum absolute atomic E-state index is 0.125. The topological polar surface area (TPSA) is 24.5 Å². The molecular formula is C16H25ClN2O. The largest absolute Gasteiger partial charge is 0.372 e. The summed E-state index contributed by atoms with van der Waals surface area (Å²) in [4.78, 5) is 2.35. The Labute approximate surface area is 127 Å². The van der Waals surface area contributed by atoms with Crippen LogP contribution >= 0.6 is 11.6 Å². The molecule has 3 nitrogen and oxygen atoms in total. The zero-order valence-corrected chi connectivity index (χ0v) is 13.6. The number of ether oxygens (including phenoxy) is 1. The SMILES string of the molecule is CC(C)NCc1cccc(Cl)c1N1CCOC(C)(C)C1. The van der Waals surface area contributed by atoms with Gasteiger partial charge in [-0.05, 0) is 25.5 Å². The third-order valence-corrected chi connectivity index (χ3v) is 3.82. The molecular weight excluding hydrogens is 272 g/mol. The van der Waals surface area contributed by atoms with Gasteiger partial charge in [0.15, 0.2) is 0 Å². The number of rotatable bonds is 4. The normalized spacial score (nSPS) is 18.6. The number of halogens is 1. The van der Waals surface area contributed by atoms with Crippen molar-refractivity contribution in [3.8, 4) is 0 Å². The van der Waals surface area contributed by atoms with E-state index < -0.39 is 0 Å². The number of hydrogen-bond acceptors (Lipinski definition) is 3. The number of nitrogens with one attached hydrogen (secondary N) is 1. The molecule has 2 rings (SSSR count). The molecule has 0 aromatic heterocycles. The molecule has 1 N–H and O–H groups in total. The Hall–Kier alpha value is -0.770. The molecule has 1 fully saturated rings. The van der Waals surface area contributed by atoms with Crippen molar-refractivity contribution < 1.29 is 4.74 Å². The van der Waals surface area contributed by atoms with Gasteiger partial charge in [-0.3, -0.25) is 0 Å². The van der Waals surface area contributed by atoms with Crippen LogP contribution in [0.4, 0.5) is 5.69 Å². The predicted octanol–water partition coefficient (Wildman–Crippen LogP) is 3.45. The van der Waals surface area contributed by atoms with Gasteiger partial charge in [0.2, 0.25) is 0 Å². The highest BCUT2D eigenvalue weighted by molar-refractivity contribution is 6.33. The Morgan fingerprint density at radius 1 is 1.40 bits per heavy atom. The number of para-hydroxylation sites is 1. The van der Waals surface area contributed by atoms with Gasteiger partial charge in [-0.25, -0.2) is 0 Å². The Bertz CT molecular complexity index is 460. The van der Waals surface area contributed by atoms with Crippen molar-refractivity contribution in [3.05, 3.63) is 28.8 Å². The molecule has 0 atom stereocenters. The summed E-state index contributed by atoms with van der Waals surface area (Å²) in [7, 11) is 0. The predicted molar refractivity (Wildman–Crippen MR) is 85.7 cm³/mol. The van der Waals surface area contributed by atoms with Crippen LogP contribution in [0, 0.1) is 0 Å². The van der Waals surface area contributed by atoms with E-state index in [1.165, 1.54) is 5.56 Å². The molecule has 1 aliphatic rings. The van der Waals surface area contributed by atoms with Crippen LogP contribution in [0.15, 0.2) is 18.2 Å². The van der Waals surface area contributed by atoms with Crippen LogP contribution in [0.5, 0.6) is 0 Å². The highest BCUT2D eigenvalue weighted by atomic mass is 35.5. The maximum absolute atomic E-state index is 6.46. The fourth-order valence-corrected chi connectivity index (χ4v) is 2.89. The monoisotopic (exact) mass is 296 g/mol. The minimum Gasteiger partial charge on any atom is -0.372 e. The van der Waals surface area contributed by atoms with Gasteiger partial charge in [-0.15, -0.1) is 0 Å². The molecule has 1 aromatic carbocycles. The lowest BCUT2D eigenvalue weighted by atomic mass is 10.0. The molecule has 0 spiro atoms. The molecule has 0 unspecified atom stereocenters. The quantitative estimate of drug-likeness (QED) is 0.921. The summed E-state index contributed by atoms with van der Waals surface area (Å²) >= 11 is 6.46. The zero-order valence-electron chi connectivity index (χ0n) is 12.9. The molecule has 0 aliphatic carbocycles. The van der Waals surface area contributed by atoms with E-state index in [1.807, 2.05) is 12.1 Å². The number of anilines is 1. The molecule has 20 heavy (non-hydrogen) atoms. The van der Waals surface area contributed by atoms with E-state index in [0.717, 1.165) is 37.0 Å². The van der Waals surface area contributed by atoms with E-state index in [0.29, 0.717) is 6.04 Å². The molecule has 0 saturated carbocycles. The highest BCUT2D eigenvalue weighted by Crippen LogP contribution is 2.33. The molecule has 0 radical (unpaired) electrons. The third kappa shape index (κ3) is 3.87. The van der Waals surface area contributed by atoms with Gasteiger partial charge < -0.3 is 15.0 Å². The van der Waals surface area contributed by atoms with E-state index in [4.69, 9.17) is 16.3 Å². The van der Waals surface area contributed by atoms with Crippen LogP contribution in [-0.2, 0) is 11.3 Å². The zero-order chi connectivity index (χ0) is 14.8. The van der Waals surface area contributed by atoms with Gasteiger partial charge >= 0.3 is 0 Å². The lowest BCUT2D eigenvalue weighted by Crippen LogP contribution is -2.48. The first-order valence-electron chi connectivity index (χ1n) is 7.29. The van der Waals surface area contributed by atoms with E-state index in [9.17, 15) is 0 Å². The van der Waals surface area contributed by atoms with E-state index in [-0.39, 0.29) is 5.60 Å². The van der Waals surface area contributed by atoms with Gasteiger partial charge in [-0.2, -0.15) is 0 Å².